The smallest absolute Gasteiger partial charge is 0.149 e. The highest BCUT2D eigenvalue weighted by Crippen LogP contribution is 2.25. The number of anilines is 1. The van der Waals surface area contributed by atoms with E-state index in [0.29, 0.717) is 5.56 Å². The minimum Gasteiger partial charge on any atom is -0.387 e. The Balaban J connectivity index is 2.07. The quantitative estimate of drug-likeness (QED) is 0.725. The molecule has 0 fully saturated rings. The monoisotopic (exact) mass is 405 g/mol. The fourth-order valence-electron chi connectivity index (χ4n) is 1.70. The van der Waals surface area contributed by atoms with Gasteiger partial charge in [0.25, 0.3) is 0 Å². The molecule has 0 saturated heterocycles. The zero-order chi connectivity index (χ0) is 14.7. The number of aliphatic hydroxyl groups is 1. The molecule has 2 N–H and O–H groups in total. The molecular formula is C14H11Br2F2NO. The van der Waals surface area contributed by atoms with Gasteiger partial charge in [0.15, 0.2) is 0 Å². The average Bonchev–Trinajstić information content (AvgIpc) is 2.41. The largest absolute Gasteiger partial charge is 0.387 e. The van der Waals surface area contributed by atoms with Crippen LogP contribution in [0.5, 0.6) is 0 Å². The molecule has 2 rings (SSSR count). The standard InChI is InChI=1S/C14H11Br2F2NO/c15-9-3-1-2-8(4-9)14(20)7-19-13-5-10(16)11(17)6-12(13)18/h1-6,14,19-20H,7H2. The summed E-state index contributed by atoms with van der Waals surface area (Å²) in [6.07, 6.45) is -0.796. The summed E-state index contributed by atoms with van der Waals surface area (Å²) in [6.45, 7) is 0.117. The molecule has 0 heterocycles. The predicted molar refractivity (Wildman–Crippen MR) is 81.6 cm³/mol. The highest BCUT2D eigenvalue weighted by molar-refractivity contribution is 9.10. The summed E-state index contributed by atoms with van der Waals surface area (Å²) in [4.78, 5) is 0. The summed E-state index contributed by atoms with van der Waals surface area (Å²) in [5, 5.41) is 12.8. The van der Waals surface area contributed by atoms with Crippen LogP contribution in [0.15, 0.2) is 45.3 Å². The summed E-state index contributed by atoms with van der Waals surface area (Å²) in [7, 11) is 0. The minimum atomic E-state index is -0.796. The third kappa shape index (κ3) is 3.77. The molecule has 0 spiro atoms. The van der Waals surface area contributed by atoms with Gasteiger partial charge in [-0.2, -0.15) is 0 Å². The van der Waals surface area contributed by atoms with Crippen molar-refractivity contribution in [1.82, 2.24) is 0 Å². The Morgan fingerprint density at radius 3 is 2.55 bits per heavy atom. The molecular weight excluding hydrogens is 396 g/mol. The van der Waals surface area contributed by atoms with E-state index in [-0.39, 0.29) is 16.7 Å². The molecule has 1 unspecified atom stereocenters. The summed E-state index contributed by atoms with van der Waals surface area (Å²) in [5.74, 6) is -1.37. The van der Waals surface area contributed by atoms with Gasteiger partial charge < -0.3 is 10.4 Å². The van der Waals surface area contributed by atoms with Gasteiger partial charge in [-0.05, 0) is 39.7 Å². The van der Waals surface area contributed by atoms with Gasteiger partial charge in [-0.25, -0.2) is 8.78 Å². The van der Waals surface area contributed by atoms with E-state index < -0.39 is 17.7 Å². The molecule has 2 aromatic carbocycles. The number of benzene rings is 2. The molecule has 0 aromatic heterocycles. The number of rotatable bonds is 4. The van der Waals surface area contributed by atoms with Crippen molar-refractivity contribution in [3.8, 4) is 0 Å². The maximum atomic E-state index is 13.5. The molecule has 106 valence electrons. The molecule has 0 aliphatic carbocycles. The first-order valence-corrected chi connectivity index (χ1v) is 7.38. The van der Waals surface area contributed by atoms with Crippen LogP contribution in [0.4, 0.5) is 14.5 Å². The van der Waals surface area contributed by atoms with Gasteiger partial charge in [0.2, 0.25) is 0 Å². The minimum absolute atomic E-state index is 0.117. The summed E-state index contributed by atoms with van der Waals surface area (Å²) in [6, 6.07) is 9.30. The predicted octanol–water partition coefficient (Wildman–Crippen LogP) is 4.64. The molecule has 1 atom stereocenters. The van der Waals surface area contributed by atoms with Crippen molar-refractivity contribution in [2.75, 3.05) is 11.9 Å². The Labute approximate surface area is 132 Å². The summed E-state index contributed by atoms with van der Waals surface area (Å²) < 4.78 is 27.7. The fraction of sp³-hybridized carbons (Fsp3) is 0.143. The van der Waals surface area contributed by atoms with Gasteiger partial charge >= 0.3 is 0 Å². The third-order valence-electron chi connectivity index (χ3n) is 2.73. The van der Waals surface area contributed by atoms with Crippen molar-refractivity contribution in [2.45, 2.75) is 6.10 Å². The lowest BCUT2D eigenvalue weighted by Crippen LogP contribution is -2.13. The average molecular weight is 407 g/mol. The molecule has 20 heavy (non-hydrogen) atoms. The fourth-order valence-corrected chi connectivity index (χ4v) is 2.46. The summed E-state index contributed by atoms with van der Waals surface area (Å²) >= 11 is 6.31. The second-order valence-corrected chi connectivity index (χ2v) is 5.97. The van der Waals surface area contributed by atoms with E-state index in [0.717, 1.165) is 10.5 Å². The highest BCUT2D eigenvalue weighted by atomic mass is 79.9. The molecule has 2 nitrogen and oxygen atoms in total. The van der Waals surface area contributed by atoms with Crippen LogP contribution in [0.3, 0.4) is 0 Å². The van der Waals surface area contributed by atoms with Gasteiger partial charge in [0.1, 0.15) is 11.6 Å². The van der Waals surface area contributed by atoms with Gasteiger partial charge in [-0.15, -0.1) is 0 Å². The Bertz CT molecular complexity index is 622. The first-order valence-electron chi connectivity index (χ1n) is 5.79. The van der Waals surface area contributed by atoms with Crippen LogP contribution in [-0.4, -0.2) is 11.7 Å². The zero-order valence-electron chi connectivity index (χ0n) is 10.2. The highest BCUT2D eigenvalue weighted by Gasteiger charge is 2.11. The molecule has 0 aliphatic rings. The zero-order valence-corrected chi connectivity index (χ0v) is 13.4. The van der Waals surface area contributed by atoms with E-state index in [9.17, 15) is 13.9 Å². The second kappa shape index (κ2) is 6.65. The topological polar surface area (TPSA) is 32.3 Å². The van der Waals surface area contributed by atoms with Gasteiger partial charge in [-0.1, -0.05) is 28.1 Å². The molecule has 2 aromatic rings. The first kappa shape index (κ1) is 15.4. The number of hydrogen-bond acceptors (Lipinski definition) is 2. The Kier molecular flexibility index (Phi) is 5.12. The van der Waals surface area contributed by atoms with Crippen LogP contribution >= 0.6 is 31.9 Å². The number of halogens is 4. The van der Waals surface area contributed by atoms with Crippen LogP contribution in [0.2, 0.25) is 0 Å². The van der Waals surface area contributed by atoms with E-state index in [1.54, 1.807) is 18.2 Å². The maximum absolute atomic E-state index is 13.5. The van der Waals surface area contributed by atoms with Crippen LogP contribution in [0.25, 0.3) is 0 Å². The van der Waals surface area contributed by atoms with Crippen LogP contribution < -0.4 is 5.32 Å². The van der Waals surface area contributed by atoms with Gasteiger partial charge in [-0.3, -0.25) is 0 Å². The van der Waals surface area contributed by atoms with E-state index >= 15 is 0 Å². The molecule has 6 heteroatoms. The van der Waals surface area contributed by atoms with Crippen molar-refractivity contribution in [2.24, 2.45) is 0 Å². The lowest BCUT2D eigenvalue weighted by molar-refractivity contribution is 0.191. The van der Waals surface area contributed by atoms with Crippen molar-refractivity contribution in [3.63, 3.8) is 0 Å². The first-order chi connectivity index (χ1) is 9.47. The molecule has 0 radical (unpaired) electrons. The Morgan fingerprint density at radius 1 is 1.10 bits per heavy atom. The van der Waals surface area contributed by atoms with E-state index in [4.69, 9.17) is 0 Å². The maximum Gasteiger partial charge on any atom is 0.149 e. The lowest BCUT2D eigenvalue weighted by atomic mass is 10.1. The third-order valence-corrected chi connectivity index (χ3v) is 3.83. The normalized spacial score (nSPS) is 12.2. The number of nitrogens with one attached hydrogen (secondary N) is 1. The number of hydrogen-bond donors (Lipinski definition) is 2. The van der Waals surface area contributed by atoms with Crippen molar-refractivity contribution in [1.29, 1.82) is 0 Å². The molecule has 0 bridgehead atoms. The van der Waals surface area contributed by atoms with Crippen LogP contribution in [0.1, 0.15) is 11.7 Å². The van der Waals surface area contributed by atoms with Crippen molar-refractivity contribution < 1.29 is 13.9 Å². The van der Waals surface area contributed by atoms with Crippen LogP contribution in [0, 0.1) is 11.6 Å². The second-order valence-electron chi connectivity index (χ2n) is 4.20. The lowest BCUT2D eigenvalue weighted by Gasteiger charge is -2.14. The van der Waals surface area contributed by atoms with Crippen molar-refractivity contribution in [3.05, 3.63) is 62.5 Å². The van der Waals surface area contributed by atoms with Crippen molar-refractivity contribution >= 4 is 37.5 Å². The van der Waals surface area contributed by atoms with Crippen LogP contribution in [-0.2, 0) is 0 Å². The van der Waals surface area contributed by atoms with E-state index in [1.165, 1.54) is 6.07 Å². The molecule has 0 amide bonds. The SMILES string of the molecule is OC(CNc1cc(Br)c(F)cc1F)c1cccc(Br)c1. The van der Waals surface area contributed by atoms with E-state index in [2.05, 4.69) is 37.2 Å². The summed E-state index contributed by atoms with van der Waals surface area (Å²) in [5.41, 5.74) is 0.834. The Morgan fingerprint density at radius 2 is 1.85 bits per heavy atom. The number of aliphatic hydroxyl groups excluding tert-OH is 1. The molecule has 0 saturated carbocycles. The van der Waals surface area contributed by atoms with E-state index in [1.807, 2.05) is 6.07 Å². The Hall–Kier alpha value is -0.980. The molecule has 0 aliphatic heterocycles. The van der Waals surface area contributed by atoms with Gasteiger partial charge in [0.05, 0.1) is 16.3 Å². The van der Waals surface area contributed by atoms with Gasteiger partial charge in [0, 0.05) is 17.1 Å².